The fourth-order valence-electron chi connectivity index (χ4n) is 2.08. The zero-order valence-corrected chi connectivity index (χ0v) is 13.3. The highest BCUT2D eigenvalue weighted by molar-refractivity contribution is 6.04. The quantitative estimate of drug-likeness (QED) is 0.766. The van der Waals surface area contributed by atoms with Crippen LogP contribution in [0.4, 0.5) is 5.82 Å². The number of amides is 1. The van der Waals surface area contributed by atoms with Crippen molar-refractivity contribution in [2.45, 2.75) is 33.1 Å². The number of nitrogens with one attached hydrogen (secondary N) is 2. The number of rotatable bonds is 7. The smallest absolute Gasteiger partial charge is 0.256 e. The Morgan fingerprint density at radius 1 is 1.35 bits per heavy atom. The van der Waals surface area contributed by atoms with Crippen molar-refractivity contribution in [2.75, 3.05) is 11.9 Å². The van der Waals surface area contributed by atoms with Crippen molar-refractivity contribution in [3.05, 3.63) is 41.1 Å². The molecule has 2 N–H and O–H groups in total. The van der Waals surface area contributed by atoms with Crippen molar-refractivity contribution in [1.82, 2.24) is 10.2 Å². The van der Waals surface area contributed by atoms with Crippen molar-refractivity contribution in [2.24, 2.45) is 0 Å². The molecule has 0 saturated heterocycles. The molecule has 6 heteroatoms. The molecule has 1 aromatic heterocycles. The number of anilines is 1. The number of benzene rings is 1. The molecule has 0 atom stereocenters. The number of nitriles is 1. The first-order valence-electron chi connectivity index (χ1n) is 7.65. The summed E-state index contributed by atoms with van der Waals surface area (Å²) in [4.78, 5) is 12.2. The Morgan fingerprint density at radius 2 is 2.09 bits per heavy atom. The summed E-state index contributed by atoms with van der Waals surface area (Å²) in [5, 5.41) is 18.3. The highest BCUT2D eigenvalue weighted by atomic mass is 16.5. The van der Waals surface area contributed by atoms with E-state index in [0.29, 0.717) is 23.4 Å². The third-order valence-electron chi connectivity index (χ3n) is 3.42. The van der Waals surface area contributed by atoms with E-state index in [0.717, 1.165) is 25.0 Å². The largest absolute Gasteiger partial charge is 0.494 e. The summed E-state index contributed by atoms with van der Waals surface area (Å²) >= 11 is 0. The van der Waals surface area contributed by atoms with Gasteiger partial charge in [-0.1, -0.05) is 19.8 Å². The van der Waals surface area contributed by atoms with E-state index in [1.807, 2.05) is 6.07 Å². The summed E-state index contributed by atoms with van der Waals surface area (Å²) in [6.07, 6.45) is 3.32. The number of aromatic amines is 1. The van der Waals surface area contributed by atoms with Crippen LogP contribution >= 0.6 is 0 Å². The van der Waals surface area contributed by atoms with Gasteiger partial charge in [-0.3, -0.25) is 9.89 Å². The Bertz CT molecular complexity index is 698. The Kier molecular flexibility index (Phi) is 5.75. The minimum absolute atomic E-state index is 0.245. The summed E-state index contributed by atoms with van der Waals surface area (Å²) < 4.78 is 5.61. The van der Waals surface area contributed by atoms with Gasteiger partial charge in [0.25, 0.3) is 5.91 Å². The van der Waals surface area contributed by atoms with Crippen LogP contribution in [0.5, 0.6) is 5.75 Å². The number of carbonyl (C=O) groups excluding carboxylic acids is 1. The van der Waals surface area contributed by atoms with Gasteiger partial charge in [-0.05, 0) is 37.6 Å². The van der Waals surface area contributed by atoms with Crippen LogP contribution < -0.4 is 10.1 Å². The number of unbranched alkanes of at least 4 members (excludes halogenated alkanes) is 2. The van der Waals surface area contributed by atoms with Gasteiger partial charge in [0, 0.05) is 5.56 Å². The van der Waals surface area contributed by atoms with Gasteiger partial charge < -0.3 is 10.1 Å². The van der Waals surface area contributed by atoms with Gasteiger partial charge in [-0.25, -0.2) is 0 Å². The number of aromatic nitrogens is 2. The van der Waals surface area contributed by atoms with Crippen LogP contribution in [0.3, 0.4) is 0 Å². The molecule has 23 heavy (non-hydrogen) atoms. The van der Waals surface area contributed by atoms with E-state index in [-0.39, 0.29) is 11.7 Å². The summed E-state index contributed by atoms with van der Waals surface area (Å²) in [5.74, 6) is 0.673. The summed E-state index contributed by atoms with van der Waals surface area (Å²) in [5.41, 5.74) is 1.45. The van der Waals surface area contributed by atoms with Crippen molar-refractivity contribution in [3.8, 4) is 11.8 Å². The standard InChI is InChI=1S/C17H20N4O2/c1-3-4-5-10-23-14-8-6-13(7-9-14)17(22)19-16-15(11-18)12(2)20-21-16/h6-9H,3-5,10H2,1-2H3,(H2,19,20,21,22). The van der Waals surface area contributed by atoms with E-state index in [2.05, 4.69) is 22.4 Å². The minimum atomic E-state index is -0.314. The molecule has 1 amide bonds. The number of aryl methyl sites for hydroxylation is 1. The average Bonchev–Trinajstić information content (AvgIpc) is 2.91. The molecular formula is C17H20N4O2. The van der Waals surface area contributed by atoms with Crippen molar-refractivity contribution >= 4 is 11.7 Å². The fourth-order valence-corrected chi connectivity index (χ4v) is 2.08. The molecule has 0 bridgehead atoms. The number of H-pyrrole nitrogens is 1. The van der Waals surface area contributed by atoms with E-state index in [9.17, 15) is 4.79 Å². The molecule has 1 aromatic carbocycles. The molecule has 0 aliphatic heterocycles. The van der Waals surface area contributed by atoms with Gasteiger partial charge in [0.15, 0.2) is 5.82 Å². The van der Waals surface area contributed by atoms with E-state index >= 15 is 0 Å². The fraction of sp³-hybridized carbons (Fsp3) is 0.353. The number of hydrogen-bond donors (Lipinski definition) is 2. The maximum absolute atomic E-state index is 12.2. The first-order chi connectivity index (χ1) is 11.2. The number of carbonyl (C=O) groups is 1. The Hall–Kier alpha value is -2.81. The zero-order valence-electron chi connectivity index (χ0n) is 13.3. The average molecular weight is 312 g/mol. The molecule has 0 aliphatic rings. The van der Waals surface area contributed by atoms with Gasteiger partial charge in [0.2, 0.25) is 0 Å². The highest BCUT2D eigenvalue weighted by Gasteiger charge is 2.13. The monoisotopic (exact) mass is 312 g/mol. The van der Waals surface area contributed by atoms with Gasteiger partial charge in [0.1, 0.15) is 17.4 Å². The van der Waals surface area contributed by atoms with Crippen LogP contribution in [0.1, 0.15) is 47.8 Å². The topological polar surface area (TPSA) is 90.8 Å². The highest BCUT2D eigenvalue weighted by Crippen LogP contribution is 2.17. The second kappa shape index (κ2) is 7.99. The first kappa shape index (κ1) is 16.6. The normalized spacial score (nSPS) is 10.1. The summed E-state index contributed by atoms with van der Waals surface area (Å²) in [7, 11) is 0. The lowest BCUT2D eigenvalue weighted by atomic mass is 10.2. The predicted octanol–water partition coefficient (Wildman–Crippen LogP) is 3.41. The summed E-state index contributed by atoms with van der Waals surface area (Å²) in [6.45, 7) is 4.55. The lowest BCUT2D eigenvalue weighted by molar-refractivity contribution is 0.102. The maximum Gasteiger partial charge on any atom is 0.256 e. The van der Waals surface area contributed by atoms with E-state index in [1.54, 1.807) is 31.2 Å². The molecule has 0 fully saturated rings. The summed E-state index contributed by atoms with van der Waals surface area (Å²) in [6, 6.07) is 8.93. The Labute approximate surface area is 135 Å². The Balaban J connectivity index is 1.96. The van der Waals surface area contributed by atoms with E-state index in [1.165, 1.54) is 0 Å². The van der Waals surface area contributed by atoms with Crippen LogP contribution in [0, 0.1) is 18.3 Å². The van der Waals surface area contributed by atoms with Crippen LogP contribution in [-0.2, 0) is 0 Å². The maximum atomic E-state index is 12.2. The van der Waals surface area contributed by atoms with Crippen LogP contribution in [0.25, 0.3) is 0 Å². The van der Waals surface area contributed by atoms with Crippen molar-refractivity contribution < 1.29 is 9.53 Å². The molecule has 0 spiro atoms. The molecule has 0 unspecified atom stereocenters. The molecule has 2 rings (SSSR count). The van der Waals surface area contributed by atoms with Gasteiger partial charge in [-0.15, -0.1) is 0 Å². The van der Waals surface area contributed by atoms with E-state index in [4.69, 9.17) is 10.00 Å². The molecule has 0 saturated carbocycles. The van der Waals surface area contributed by atoms with Crippen molar-refractivity contribution in [3.63, 3.8) is 0 Å². The number of ether oxygens (including phenoxy) is 1. The molecule has 2 aromatic rings. The van der Waals surface area contributed by atoms with E-state index < -0.39 is 0 Å². The lowest BCUT2D eigenvalue weighted by Gasteiger charge is -2.07. The first-order valence-corrected chi connectivity index (χ1v) is 7.65. The molecule has 0 aliphatic carbocycles. The second-order valence-electron chi connectivity index (χ2n) is 5.22. The molecule has 0 radical (unpaired) electrons. The number of hydrogen-bond acceptors (Lipinski definition) is 4. The SMILES string of the molecule is CCCCCOc1ccc(C(=O)Nc2n[nH]c(C)c2C#N)cc1. The molecule has 120 valence electrons. The second-order valence-corrected chi connectivity index (χ2v) is 5.22. The van der Waals surface area contributed by atoms with Gasteiger partial charge in [-0.2, -0.15) is 10.4 Å². The lowest BCUT2D eigenvalue weighted by Crippen LogP contribution is -2.13. The molecular weight excluding hydrogens is 292 g/mol. The molecule has 6 nitrogen and oxygen atoms in total. The zero-order chi connectivity index (χ0) is 16.7. The van der Waals surface area contributed by atoms with Gasteiger partial charge in [0.05, 0.1) is 12.3 Å². The Morgan fingerprint density at radius 3 is 2.74 bits per heavy atom. The van der Waals surface area contributed by atoms with Crippen LogP contribution in [0.15, 0.2) is 24.3 Å². The minimum Gasteiger partial charge on any atom is -0.494 e. The number of nitrogens with zero attached hydrogens (tertiary/aromatic N) is 2. The van der Waals surface area contributed by atoms with Crippen LogP contribution in [-0.4, -0.2) is 22.7 Å². The third kappa shape index (κ3) is 4.33. The van der Waals surface area contributed by atoms with Crippen molar-refractivity contribution in [1.29, 1.82) is 5.26 Å². The third-order valence-corrected chi connectivity index (χ3v) is 3.42. The predicted molar refractivity (Wildman–Crippen MR) is 87.5 cm³/mol. The molecule has 1 heterocycles. The van der Waals surface area contributed by atoms with Crippen LogP contribution in [0.2, 0.25) is 0 Å². The van der Waals surface area contributed by atoms with Gasteiger partial charge >= 0.3 is 0 Å².